The molecule has 0 radical (unpaired) electrons. The van der Waals surface area contributed by atoms with E-state index in [1.807, 2.05) is 59.4 Å². The molecule has 0 aliphatic carbocycles. The van der Waals surface area contributed by atoms with E-state index in [2.05, 4.69) is 32.7 Å². The summed E-state index contributed by atoms with van der Waals surface area (Å²) >= 11 is 0. The Kier molecular flexibility index (Phi) is 4.86. The lowest BCUT2D eigenvalue weighted by Crippen LogP contribution is -2.57. The molecule has 4 atom stereocenters. The average molecular weight is 387 g/mol. The molecular formula is C23H25N5O. The van der Waals surface area contributed by atoms with Crippen LogP contribution in [0, 0.1) is 11.8 Å². The zero-order valence-electron chi connectivity index (χ0n) is 16.3. The Morgan fingerprint density at radius 3 is 2.55 bits per heavy atom. The summed E-state index contributed by atoms with van der Waals surface area (Å²) in [5, 5.41) is 11.8. The van der Waals surface area contributed by atoms with Crippen molar-refractivity contribution in [3.63, 3.8) is 0 Å². The number of rotatable bonds is 5. The molecule has 0 spiro atoms. The van der Waals surface area contributed by atoms with Crippen molar-refractivity contribution >= 4 is 11.6 Å². The van der Waals surface area contributed by atoms with E-state index in [-0.39, 0.29) is 11.8 Å². The highest BCUT2D eigenvalue weighted by molar-refractivity contribution is 5.93. The molecule has 0 saturated carbocycles. The van der Waals surface area contributed by atoms with Gasteiger partial charge in [0.05, 0.1) is 18.7 Å². The van der Waals surface area contributed by atoms with Crippen LogP contribution in [-0.4, -0.2) is 44.9 Å². The number of benzene rings is 2. The number of piperidine rings is 3. The Morgan fingerprint density at radius 1 is 1.07 bits per heavy atom. The fourth-order valence-electron chi connectivity index (χ4n) is 4.73. The molecule has 2 aromatic carbocycles. The Hall–Kier alpha value is -2.99. The highest BCUT2D eigenvalue weighted by atomic mass is 16.2. The van der Waals surface area contributed by atoms with Crippen LogP contribution in [-0.2, 0) is 11.3 Å². The predicted octanol–water partition coefficient (Wildman–Crippen LogP) is 3.29. The van der Waals surface area contributed by atoms with Crippen LogP contribution in [0.2, 0.25) is 0 Å². The number of nitrogens with one attached hydrogen (secondary N) is 1. The maximum atomic E-state index is 12.8. The van der Waals surface area contributed by atoms with Gasteiger partial charge in [-0.1, -0.05) is 53.7 Å². The Bertz CT molecular complexity index is 971. The zero-order valence-corrected chi connectivity index (χ0v) is 16.3. The molecule has 3 fully saturated rings. The molecule has 4 unspecified atom stereocenters. The molecule has 3 saturated heterocycles. The van der Waals surface area contributed by atoms with Crippen molar-refractivity contribution in [2.75, 3.05) is 18.4 Å². The molecule has 3 aliphatic rings. The predicted molar refractivity (Wildman–Crippen MR) is 112 cm³/mol. The SMILES string of the molecule is O=C(Nc1ccccc1)C1CN2CCC1CC2Cn1cc(-c2ccccc2)nn1. The van der Waals surface area contributed by atoms with Crippen molar-refractivity contribution in [3.8, 4) is 11.3 Å². The number of carbonyl (C=O) groups excluding carboxylic acids is 1. The van der Waals surface area contributed by atoms with Crippen LogP contribution in [0.25, 0.3) is 11.3 Å². The van der Waals surface area contributed by atoms with Crippen molar-refractivity contribution in [1.29, 1.82) is 0 Å². The van der Waals surface area contributed by atoms with Gasteiger partial charge in [-0.25, -0.2) is 0 Å². The molecule has 6 rings (SSSR count). The van der Waals surface area contributed by atoms with Gasteiger partial charge in [-0.05, 0) is 37.4 Å². The molecule has 148 valence electrons. The number of nitrogens with zero attached hydrogens (tertiary/aromatic N) is 4. The molecule has 6 nitrogen and oxygen atoms in total. The summed E-state index contributed by atoms with van der Waals surface area (Å²) in [5.74, 6) is 0.651. The first kappa shape index (κ1) is 18.1. The Balaban J connectivity index is 1.23. The molecule has 1 N–H and O–H groups in total. The van der Waals surface area contributed by atoms with Crippen molar-refractivity contribution in [3.05, 3.63) is 66.9 Å². The number of hydrogen-bond acceptors (Lipinski definition) is 4. The molecule has 6 heteroatoms. The maximum absolute atomic E-state index is 12.8. The van der Waals surface area contributed by atoms with E-state index < -0.39 is 0 Å². The molecular weight excluding hydrogens is 362 g/mol. The van der Waals surface area contributed by atoms with Crippen LogP contribution in [0.15, 0.2) is 66.9 Å². The van der Waals surface area contributed by atoms with E-state index in [0.29, 0.717) is 12.0 Å². The fraction of sp³-hybridized carbons (Fsp3) is 0.348. The average Bonchev–Trinajstić information content (AvgIpc) is 3.24. The normalized spacial score (nSPS) is 25.7. The summed E-state index contributed by atoms with van der Waals surface area (Å²) in [5.41, 5.74) is 2.87. The number of aromatic nitrogens is 3. The highest BCUT2D eigenvalue weighted by Crippen LogP contribution is 2.37. The van der Waals surface area contributed by atoms with Gasteiger partial charge in [0.25, 0.3) is 0 Å². The van der Waals surface area contributed by atoms with E-state index in [0.717, 1.165) is 49.4 Å². The number of carbonyl (C=O) groups is 1. The molecule has 1 aromatic heterocycles. The third kappa shape index (κ3) is 3.80. The molecule has 3 aromatic rings. The molecule has 29 heavy (non-hydrogen) atoms. The minimum absolute atomic E-state index is 0.0656. The topological polar surface area (TPSA) is 63.1 Å². The fourth-order valence-corrected chi connectivity index (χ4v) is 4.73. The molecule has 1 amide bonds. The second-order valence-electron chi connectivity index (χ2n) is 8.09. The molecule has 2 bridgehead atoms. The van der Waals surface area contributed by atoms with Gasteiger partial charge in [0.2, 0.25) is 5.91 Å². The Morgan fingerprint density at radius 2 is 1.83 bits per heavy atom. The number of para-hydroxylation sites is 1. The van der Waals surface area contributed by atoms with Gasteiger partial charge >= 0.3 is 0 Å². The summed E-state index contributed by atoms with van der Waals surface area (Å²) in [6, 6.07) is 20.3. The second-order valence-corrected chi connectivity index (χ2v) is 8.09. The smallest absolute Gasteiger partial charge is 0.229 e. The van der Waals surface area contributed by atoms with Crippen molar-refractivity contribution in [2.24, 2.45) is 11.8 Å². The highest BCUT2D eigenvalue weighted by Gasteiger charge is 2.43. The Labute approximate surface area is 170 Å². The van der Waals surface area contributed by atoms with Gasteiger partial charge in [-0.3, -0.25) is 14.4 Å². The first-order chi connectivity index (χ1) is 14.3. The van der Waals surface area contributed by atoms with Crippen LogP contribution < -0.4 is 5.32 Å². The van der Waals surface area contributed by atoms with Gasteiger partial charge < -0.3 is 5.32 Å². The molecule has 4 heterocycles. The molecule has 3 aliphatic heterocycles. The van der Waals surface area contributed by atoms with Crippen LogP contribution in [0.3, 0.4) is 0 Å². The van der Waals surface area contributed by atoms with Crippen LogP contribution in [0.5, 0.6) is 0 Å². The lowest BCUT2D eigenvalue weighted by Gasteiger charge is -2.49. The number of fused-ring (bicyclic) bond motifs is 3. The monoisotopic (exact) mass is 387 g/mol. The van der Waals surface area contributed by atoms with Crippen LogP contribution in [0.4, 0.5) is 5.69 Å². The van der Waals surface area contributed by atoms with Gasteiger partial charge in [0.15, 0.2) is 0 Å². The minimum atomic E-state index is 0.0656. The lowest BCUT2D eigenvalue weighted by molar-refractivity contribution is -0.127. The summed E-state index contributed by atoms with van der Waals surface area (Å²) in [6.07, 6.45) is 4.15. The third-order valence-electron chi connectivity index (χ3n) is 6.26. The quantitative estimate of drug-likeness (QED) is 0.730. The standard InChI is InChI=1S/C23H25N5O/c29-23(24-19-9-5-2-6-10-19)21-15-27-12-11-18(21)13-20(27)14-28-16-22(25-26-28)17-7-3-1-4-8-17/h1-10,16,18,20-21H,11-15H2,(H,24,29). The van der Waals surface area contributed by atoms with E-state index in [1.54, 1.807) is 0 Å². The van der Waals surface area contributed by atoms with Gasteiger partial charge in [0, 0.05) is 23.8 Å². The van der Waals surface area contributed by atoms with Crippen molar-refractivity contribution < 1.29 is 4.79 Å². The van der Waals surface area contributed by atoms with Crippen molar-refractivity contribution in [2.45, 2.75) is 25.4 Å². The second kappa shape index (κ2) is 7.79. The van der Waals surface area contributed by atoms with Gasteiger partial charge in [-0.15, -0.1) is 5.10 Å². The van der Waals surface area contributed by atoms with Crippen molar-refractivity contribution in [1.82, 2.24) is 19.9 Å². The van der Waals surface area contributed by atoms with E-state index >= 15 is 0 Å². The van der Waals surface area contributed by atoms with Gasteiger partial charge in [0.1, 0.15) is 5.69 Å². The first-order valence-electron chi connectivity index (χ1n) is 10.3. The minimum Gasteiger partial charge on any atom is -0.326 e. The lowest BCUT2D eigenvalue weighted by atomic mass is 9.75. The third-order valence-corrected chi connectivity index (χ3v) is 6.26. The summed E-state index contributed by atoms with van der Waals surface area (Å²) in [6.45, 7) is 2.71. The number of amides is 1. The van der Waals surface area contributed by atoms with E-state index in [9.17, 15) is 4.79 Å². The first-order valence-corrected chi connectivity index (χ1v) is 10.3. The van der Waals surface area contributed by atoms with Crippen LogP contribution in [0.1, 0.15) is 12.8 Å². The van der Waals surface area contributed by atoms with E-state index in [4.69, 9.17) is 0 Å². The van der Waals surface area contributed by atoms with Crippen LogP contribution >= 0.6 is 0 Å². The zero-order chi connectivity index (χ0) is 19.6. The van der Waals surface area contributed by atoms with Gasteiger partial charge in [-0.2, -0.15) is 0 Å². The number of hydrogen-bond donors (Lipinski definition) is 1. The van der Waals surface area contributed by atoms with E-state index in [1.165, 1.54) is 0 Å². The maximum Gasteiger partial charge on any atom is 0.229 e. The number of anilines is 1. The largest absolute Gasteiger partial charge is 0.326 e. The summed E-state index contributed by atoms with van der Waals surface area (Å²) in [7, 11) is 0. The summed E-state index contributed by atoms with van der Waals surface area (Å²) < 4.78 is 1.95. The summed E-state index contributed by atoms with van der Waals surface area (Å²) in [4.78, 5) is 15.3.